The molecule has 0 saturated carbocycles. The third kappa shape index (κ3) is 2.02. The van der Waals surface area contributed by atoms with Gasteiger partial charge < -0.3 is 4.98 Å². The number of hydrogen-bond donors (Lipinski definition) is 1. The number of thioether (sulfide) groups is 1. The van der Waals surface area contributed by atoms with Crippen LogP contribution in [0.15, 0.2) is 40.2 Å². The van der Waals surface area contributed by atoms with Gasteiger partial charge in [0.25, 0.3) is 5.56 Å². The van der Waals surface area contributed by atoms with Gasteiger partial charge in [0.2, 0.25) is 0 Å². The molecule has 3 rings (SSSR count). The summed E-state index contributed by atoms with van der Waals surface area (Å²) in [4.78, 5) is 19.6. The number of benzene rings is 1. The van der Waals surface area contributed by atoms with Crippen LogP contribution in [0.1, 0.15) is 12.7 Å². The number of aryl methyl sites for hydroxylation is 1. The van der Waals surface area contributed by atoms with Gasteiger partial charge in [-0.3, -0.25) is 4.79 Å². The largest absolute Gasteiger partial charge is 0.310 e. The third-order valence-corrected chi connectivity index (χ3v) is 3.76. The molecule has 1 N–H and O–H groups in total. The van der Waals surface area contributed by atoms with Gasteiger partial charge in [0.15, 0.2) is 5.65 Å². The summed E-state index contributed by atoms with van der Waals surface area (Å²) in [5.41, 5.74) is 1.39. The topological polar surface area (TPSA) is 63.6 Å². The Morgan fingerprint density at radius 2 is 2.05 bits per heavy atom. The highest BCUT2D eigenvalue weighted by molar-refractivity contribution is 7.98. The van der Waals surface area contributed by atoms with Gasteiger partial charge in [-0.1, -0.05) is 25.1 Å². The molecule has 0 atom stereocenters. The van der Waals surface area contributed by atoms with E-state index in [2.05, 4.69) is 15.1 Å². The molecule has 0 fully saturated rings. The normalized spacial score (nSPS) is 11.1. The molecule has 0 aliphatic heterocycles. The molecule has 0 aliphatic rings. The van der Waals surface area contributed by atoms with Crippen LogP contribution in [-0.4, -0.2) is 26.0 Å². The van der Waals surface area contributed by atoms with Crippen LogP contribution in [0.2, 0.25) is 0 Å². The number of nitrogens with one attached hydrogen (secondary N) is 1. The van der Waals surface area contributed by atoms with E-state index in [1.807, 2.05) is 43.5 Å². The fraction of sp³-hybridized carbons (Fsp3) is 0.214. The summed E-state index contributed by atoms with van der Waals surface area (Å²) < 4.78 is 1.73. The Bertz CT molecular complexity index is 807. The molecule has 2 aromatic heterocycles. The maximum absolute atomic E-state index is 12.2. The Hall–Kier alpha value is -2.08. The molecule has 0 radical (unpaired) electrons. The van der Waals surface area contributed by atoms with Crippen LogP contribution in [0.3, 0.4) is 0 Å². The second kappa shape index (κ2) is 5.13. The molecule has 2 heterocycles. The first kappa shape index (κ1) is 12.9. The van der Waals surface area contributed by atoms with Crippen LogP contribution in [0.25, 0.3) is 16.7 Å². The first-order chi connectivity index (χ1) is 9.74. The summed E-state index contributed by atoms with van der Waals surface area (Å²) >= 11 is 1.45. The highest BCUT2D eigenvalue weighted by Crippen LogP contribution is 2.23. The Morgan fingerprint density at radius 3 is 2.70 bits per heavy atom. The van der Waals surface area contributed by atoms with Crippen molar-refractivity contribution in [2.24, 2.45) is 0 Å². The van der Waals surface area contributed by atoms with E-state index in [1.165, 1.54) is 11.8 Å². The number of aromatic nitrogens is 4. The molecule has 1 aromatic carbocycles. The summed E-state index contributed by atoms with van der Waals surface area (Å²) in [5.74, 6) is 0.673. The Kier molecular flexibility index (Phi) is 3.31. The van der Waals surface area contributed by atoms with Crippen LogP contribution in [0.4, 0.5) is 0 Å². The Labute approximate surface area is 120 Å². The molecule has 102 valence electrons. The lowest BCUT2D eigenvalue weighted by Crippen LogP contribution is -2.12. The maximum atomic E-state index is 12.2. The number of fused-ring (bicyclic) bond motifs is 1. The lowest BCUT2D eigenvalue weighted by Gasteiger charge is -2.02. The van der Waals surface area contributed by atoms with Crippen molar-refractivity contribution in [3.05, 3.63) is 46.5 Å². The van der Waals surface area contributed by atoms with Crippen molar-refractivity contribution in [3.8, 4) is 5.69 Å². The quantitative estimate of drug-likeness (QED) is 0.751. The Morgan fingerprint density at radius 1 is 1.30 bits per heavy atom. The van der Waals surface area contributed by atoms with Crippen molar-refractivity contribution < 1.29 is 0 Å². The molecular formula is C14H14N4OS. The number of aromatic amines is 1. The standard InChI is InChI=1S/C14H14N4OS/c1-3-10-15-12-11(13(19)16-10)14(20-2)17-18(12)9-7-5-4-6-8-9/h4-8H,3H2,1-2H3,(H,15,16,19). The van der Waals surface area contributed by atoms with E-state index in [4.69, 9.17) is 0 Å². The zero-order chi connectivity index (χ0) is 14.1. The van der Waals surface area contributed by atoms with E-state index in [0.717, 1.165) is 5.69 Å². The van der Waals surface area contributed by atoms with Gasteiger partial charge in [-0.25, -0.2) is 9.67 Å². The minimum Gasteiger partial charge on any atom is -0.310 e. The van der Waals surface area contributed by atoms with Crippen molar-refractivity contribution in [1.29, 1.82) is 0 Å². The van der Waals surface area contributed by atoms with Gasteiger partial charge in [-0.2, -0.15) is 5.10 Å². The van der Waals surface area contributed by atoms with Gasteiger partial charge in [-0.15, -0.1) is 11.8 Å². The fourth-order valence-electron chi connectivity index (χ4n) is 2.10. The first-order valence-corrected chi connectivity index (χ1v) is 7.58. The minimum absolute atomic E-state index is 0.126. The van der Waals surface area contributed by atoms with Gasteiger partial charge in [0.05, 0.1) is 5.69 Å². The molecule has 0 aliphatic carbocycles. The van der Waals surface area contributed by atoms with Crippen molar-refractivity contribution in [2.75, 3.05) is 6.26 Å². The molecule has 6 heteroatoms. The summed E-state index contributed by atoms with van der Waals surface area (Å²) in [5, 5.41) is 5.76. The van der Waals surface area contributed by atoms with Crippen molar-refractivity contribution in [1.82, 2.24) is 19.7 Å². The zero-order valence-electron chi connectivity index (χ0n) is 11.3. The van der Waals surface area contributed by atoms with E-state index in [-0.39, 0.29) is 5.56 Å². The van der Waals surface area contributed by atoms with E-state index in [0.29, 0.717) is 28.3 Å². The molecule has 0 amide bonds. The predicted octanol–water partition coefficient (Wildman–Crippen LogP) is 2.39. The number of nitrogens with zero attached hydrogens (tertiary/aromatic N) is 3. The first-order valence-electron chi connectivity index (χ1n) is 6.36. The third-order valence-electron chi connectivity index (χ3n) is 3.08. The molecule has 5 nitrogen and oxygen atoms in total. The van der Waals surface area contributed by atoms with E-state index < -0.39 is 0 Å². The van der Waals surface area contributed by atoms with E-state index in [1.54, 1.807) is 4.68 Å². The van der Waals surface area contributed by atoms with Crippen molar-refractivity contribution in [2.45, 2.75) is 18.4 Å². The van der Waals surface area contributed by atoms with Gasteiger partial charge in [-0.05, 0) is 18.4 Å². The smallest absolute Gasteiger partial charge is 0.263 e. The second-order valence-corrected chi connectivity index (χ2v) is 5.12. The van der Waals surface area contributed by atoms with Crippen LogP contribution >= 0.6 is 11.8 Å². The fourth-order valence-corrected chi connectivity index (χ4v) is 2.65. The highest BCUT2D eigenvalue weighted by atomic mass is 32.2. The van der Waals surface area contributed by atoms with Crippen molar-refractivity contribution in [3.63, 3.8) is 0 Å². The molecule has 0 saturated heterocycles. The molecule has 0 bridgehead atoms. The number of H-pyrrole nitrogens is 1. The monoisotopic (exact) mass is 286 g/mol. The number of hydrogen-bond acceptors (Lipinski definition) is 4. The minimum atomic E-state index is -0.126. The molecule has 20 heavy (non-hydrogen) atoms. The van der Waals surface area contributed by atoms with E-state index >= 15 is 0 Å². The molecular weight excluding hydrogens is 272 g/mol. The summed E-state index contributed by atoms with van der Waals surface area (Å²) in [6.07, 6.45) is 2.59. The summed E-state index contributed by atoms with van der Waals surface area (Å²) in [6, 6.07) is 9.73. The highest BCUT2D eigenvalue weighted by Gasteiger charge is 2.16. The summed E-state index contributed by atoms with van der Waals surface area (Å²) in [7, 11) is 0. The average molecular weight is 286 g/mol. The molecule has 3 aromatic rings. The molecule has 0 spiro atoms. The van der Waals surface area contributed by atoms with Gasteiger partial charge in [0, 0.05) is 6.42 Å². The van der Waals surface area contributed by atoms with Crippen molar-refractivity contribution >= 4 is 22.8 Å². The lowest BCUT2D eigenvalue weighted by atomic mass is 10.3. The van der Waals surface area contributed by atoms with E-state index in [9.17, 15) is 4.79 Å². The number of para-hydroxylation sites is 1. The second-order valence-electron chi connectivity index (χ2n) is 4.32. The number of rotatable bonds is 3. The maximum Gasteiger partial charge on any atom is 0.263 e. The zero-order valence-corrected chi connectivity index (χ0v) is 12.1. The predicted molar refractivity (Wildman–Crippen MR) is 80.6 cm³/mol. The summed E-state index contributed by atoms with van der Waals surface area (Å²) in [6.45, 7) is 1.96. The van der Waals surface area contributed by atoms with Gasteiger partial charge >= 0.3 is 0 Å². The Balaban J connectivity index is 2.38. The average Bonchev–Trinajstić information content (AvgIpc) is 2.87. The van der Waals surface area contributed by atoms with Crippen LogP contribution in [0.5, 0.6) is 0 Å². The molecule has 0 unspecified atom stereocenters. The SMILES string of the molecule is CCc1nc2c(c(SC)nn2-c2ccccc2)c(=O)[nH]1. The van der Waals surface area contributed by atoms with Crippen LogP contribution in [0, 0.1) is 0 Å². The van der Waals surface area contributed by atoms with Crippen LogP contribution in [-0.2, 0) is 6.42 Å². The lowest BCUT2D eigenvalue weighted by molar-refractivity contribution is 0.843. The van der Waals surface area contributed by atoms with Gasteiger partial charge in [0.1, 0.15) is 16.2 Å². The van der Waals surface area contributed by atoms with Crippen LogP contribution < -0.4 is 5.56 Å².